The Hall–Kier alpha value is -1.20. The van der Waals surface area contributed by atoms with E-state index in [9.17, 15) is 4.79 Å². The molecule has 1 N–H and O–H groups in total. The Balaban J connectivity index is 1.45. The molecule has 2 heterocycles. The second-order valence-corrected chi connectivity index (χ2v) is 9.85. The van der Waals surface area contributed by atoms with Crippen molar-refractivity contribution < 1.29 is 4.74 Å². The SMILES string of the molecule is COC(C)(C)CCCC(C)CCN1CCC2(CCc3c2nc(C)[nH]c3=O)CC1. The number of likely N-dealkylation sites (tertiary alicyclic amines) is 1. The lowest BCUT2D eigenvalue weighted by atomic mass is 9.76. The Labute approximate surface area is 170 Å². The largest absolute Gasteiger partial charge is 0.379 e. The highest BCUT2D eigenvalue weighted by molar-refractivity contribution is 5.33. The molecule has 2 aliphatic rings. The molecule has 0 amide bonds. The third kappa shape index (κ3) is 4.85. The first-order valence-corrected chi connectivity index (χ1v) is 11.1. The maximum absolute atomic E-state index is 12.3. The number of methoxy groups -OCH3 is 1. The van der Waals surface area contributed by atoms with Crippen LogP contribution >= 0.6 is 0 Å². The van der Waals surface area contributed by atoms with Crippen LogP contribution in [0.1, 0.15) is 82.8 Å². The Bertz CT molecular complexity index is 717. The van der Waals surface area contributed by atoms with Gasteiger partial charge in [0.25, 0.3) is 5.56 Å². The minimum atomic E-state index is 0.00653. The number of piperidine rings is 1. The van der Waals surface area contributed by atoms with Crippen LogP contribution in [0, 0.1) is 12.8 Å². The quantitative estimate of drug-likeness (QED) is 0.731. The van der Waals surface area contributed by atoms with Crippen molar-refractivity contribution >= 4 is 0 Å². The van der Waals surface area contributed by atoms with Crippen molar-refractivity contribution in [3.8, 4) is 0 Å². The van der Waals surface area contributed by atoms with E-state index in [1.165, 1.54) is 25.8 Å². The summed E-state index contributed by atoms with van der Waals surface area (Å²) in [6, 6.07) is 0. The molecule has 1 saturated heterocycles. The fourth-order valence-corrected chi connectivity index (χ4v) is 4.98. The smallest absolute Gasteiger partial charge is 0.254 e. The van der Waals surface area contributed by atoms with Gasteiger partial charge >= 0.3 is 0 Å². The number of hydrogen-bond donors (Lipinski definition) is 1. The van der Waals surface area contributed by atoms with Gasteiger partial charge in [-0.1, -0.05) is 19.8 Å². The number of nitrogens with zero attached hydrogens (tertiary/aromatic N) is 2. The van der Waals surface area contributed by atoms with Crippen LogP contribution in [0.3, 0.4) is 0 Å². The van der Waals surface area contributed by atoms with Crippen LogP contribution in [0.5, 0.6) is 0 Å². The molecule has 0 saturated carbocycles. The molecule has 1 aliphatic carbocycles. The average molecular weight is 390 g/mol. The molecular weight excluding hydrogens is 350 g/mol. The summed E-state index contributed by atoms with van der Waals surface area (Å²) in [4.78, 5) is 22.5. The van der Waals surface area contributed by atoms with E-state index in [0.29, 0.717) is 0 Å². The van der Waals surface area contributed by atoms with Crippen molar-refractivity contribution in [2.24, 2.45) is 5.92 Å². The third-order valence-electron chi connectivity index (χ3n) is 7.27. The standard InChI is InChI=1S/C23H39N3O2/c1-17(7-6-10-22(3,4)28-5)9-14-26-15-12-23(13-16-26)11-8-19-20(23)24-18(2)25-21(19)27/h17H,6-16H2,1-5H3,(H,24,25,27). The third-order valence-corrected chi connectivity index (χ3v) is 7.27. The topological polar surface area (TPSA) is 58.2 Å². The molecule has 0 bridgehead atoms. The van der Waals surface area contributed by atoms with Crippen molar-refractivity contribution in [3.05, 3.63) is 27.4 Å². The van der Waals surface area contributed by atoms with E-state index in [4.69, 9.17) is 9.72 Å². The van der Waals surface area contributed by atoms with Crippen molar-refractivity contribution in [2.75, 3.05) is 26.7 Å². The van der Waals surface area contributed by atoms with Crippen molar-refractivity contribution in [1.29, 1.82) is 0 Å². The van der Waals surface area contributed by atoms with Crippen LogP contribution in [0.2, 0.25) is 0 Å². The molecular formula is C23H39N3O2. The molecule has 1 fully saturated rings. The zero-order chi connectivity index (χ0) is 20.4. The number of fused-ring (bicyclic) bond motifs is 2. The minimum Gasteiger partial charge on any atom is -0.379 e. The summed E-state index contributed by atoms with van der Waals surface area (Å²) in [6.07, 6.45) is 9.21. The van der Waals surface area contributed by atoms with E-state index in [2.05, 4.69) is 30.7 Å². The van der Waals surface area contributed by atoms with Gasteiger partial charge in [-0.3, -0.25) is 4.79 Å². The number of ether oxygens (including phenoxy) is 1. The molecule has 5 heteroatoms. The average Bonchev–Trinajstić information content (AvgIpc) is 3.00. The van der Waals surface area contributed by atoms with E-state index in [0.717, 1.165) is 68.2 Å². The van der Waals surface area contributed by atoms with Gasteiger partial charge in [0, 0.05) is 18.1 Å². The first kappa shape index (κ1) is 21.5. The number of aromatic amines is 1. The lowest BCUT2D eigenvalue weighted by Gasteiger charge is -2.39. The van der Waals surface area contributed by atoms with Gasteiger partial charge in [-0.15, -0.1) is 0 Å². The van der Waals surface area contributed by atoms with Crippen LogP contribution in [0.15, 0.2) is 4.79 Å². The second kappa shape index (κ2) is 8.66. The van der Waals surface area contributed by atoms with Gasteiger partial charge in [-0.25, -0.2) is 4.98 Å². The summed E-state index contributed by atoms with van der Waals surface area (Å²) < 4.78 is 5.53. The predicted molar refractivity (Wildman–Crippen MR) is 114 cm³/mol. The van der Waals surface area contributed by atoms with E-state index < -0.39 is 0 Å². The molecule has 0 aromatic carbocycles. The molecule has 1 spiro atoms. The Morgan fingerprint density at radius 3 is 2.64 bits per heavy atom. The van der Waals surface area contributed by atoms with Crippen LogP contribution in [-0.4, -0.2) is 47.2 Å². The maximum atomic E-state index is 12.3. The Kier molecular flexibility index (Phi) is 6.65. The van der Waals surface area contributed by atoms with Gasteiger partial charge in [0.2, 0.25) is 0 Å². The number of aryl methyl sites for hydroxylation is 1. The van der Waals surface area contributed by atoms with E-state index in [-0.39, 0.29) is 16.6 Å². The van der Waals surface area contributed by atoms with Crippen LogP contribution in [0.25, 0.3) is 0 Å². The highest BCUT2D eigenvalue weighted by Crippen LogP contribution is 2.44. The van der Waals surface area contributed by atoms with Crippen LogP contribution in [0.4, 0.5) is 0 Å². The number of aromatic nitrogens is 2. The van der Waals surface area contributed by atoms with Crippen LogP contribution in [-0.2, 0) is 16.6 Å². The highest BCUT2D eigenvalue weighted by atomic mass is 16.5. The van der Waals surface area contributed by atoms with Gasteiger partial charge in [0.05, 0.1) is 11.3 Å². The molecule has 28 heavy (non-hydrogen) atoms. The molecule has 1 aromatic rings. The molecule has 0 radical (unpaired) electrons. The summed E-state index contributed by atoms with van der Waals surface area (Å²) in [5, 5.41) is 0. The first-order chi connectivity index (χ1) is 13.2. The van der Waals surface area contributed by atoms with E-state index in [1.54, 1.807) is 0 Å². The maximum Gasteiger partial charge on any atom is 0.254 e. The van der Waals surface area contributed by atoms with Crippen molar-refractivity contribution in [2.45, 2.75) is 90.1 Å². The predicted octanol–water partition coefficient (Wildman–Crippen LogP) is 3.98. The summed E-state index contributed by atoms with van der Waals surface area (Å²) in [5.74, 6) is 1.52. The Morgan fingerprint density at radius 2 is 1.96 bits per heavy atom. The summed E-state index contributed by atoms with van der Waals surface area (Å²) >= 11 is 0. The number of nitrogens with one attached hydrogen (secondary N) is 1. The van der Waals surface area contributed by atoms with E-state index >= 15 is 0 Å². The zero-order valence-corrected chi connectivity index (χ0v) is 18.6. The number of rotatable bonds is 8. The van der Waals surface area contributed by atoms with Gasteiger partial charge in [0.15, 0.2) is 0 Å². The van der Waals surface area contributed by atoms with Crippen LogP contribution < -0.4 is 5.56 Å². The van der Waals surface area contributed by atoms with Crippen molar-refractivity contribution in [1.82, 2.24) is 14.9 Å². The lowest BCUT2D eigenvalue weighted by Crippen LogP contribution is -2.42. The molecule has 5 nitrogen and oxygen atoms in total. The summed E-state index contributed by atoms with van der Waals surface area (Å²) in [6.45, 7) is 12.1. The summed E-state index contributed by atoms with van der Waals surface area (Å²) in [5.41, 5.74) is 2.32. The van der Waals surface area contributed by atoms with Gasteiger partial charge in [-0.05, 0) is 84.8 Å². The molecule has 1 unspecified atom stereocenters. The van der Waals surface area contributed by atoms with Gasteiger partial charge in [0.1, 0.15) is 5.82 Å². The molecule has 3 rings (SSSR count). The second-order valence-electron chi connectivity index (χ2n) is 9.85. The fraction of sp³-hybridized carbons (Fsp3) is 0.826. The Morgan fingerprint density at radius 1 is 1.25 bits per heavy atom. The minimum absolute atomic E-state index is 0.00653. The zero-order valence-electron chi connectivity index (χ0n) is 18.6. The highest BCUT2D eigenvalue weighted by Gasteiger charge is 2.43. The normalized spacial score (nSPS) is 20.5. The molecule has 1 aliphatic heterocycles. The molecule has 1 atom stereocenters. The van der Waals surface area contributed by atoms with Gasteiger partial charge in [-0.2, -0.15) is 0 Å². The molecule has 158 valence electrons. The number of H-pyrrole nitrogens is 1. The first-order valence-electron chi connectivity index (χ1n) is 11.1. The lowest BCUT2D eigenvalue weighted by molar-refractivity contribution is 0.0126. The fourth-order valence-electron chi connectivity index (χ4n) is 4.98. The van der Waals surface area contributed by atoms with Crippen molar-refractivity contribution in [3.63, 3.8) is 0 Å². The molecule has 1 aromatic heterocycles. The summed E-state index contributed by atoms with van der Waals surface area (Å²) in [7, 11) is 1.81. The monoisotopic (exact) mass is 389 g/mol. The van der Waals surface area contributed by atoms with E-state index in [1.807, 2.05) is 14.0 Å². The van der Waals surface area contributed by atoms with Gasteiger partial charge < -0.3 is 14.6 Å². The number of hydrogen-bond acceptors (Lipinski definition) is 4.